The number of hydrogen-bond acceptors (Lipinski definition) is 3. The van der Waals surface area contributed by atoms with Gasteiger partial charge in [0.1, 0.15) is 17.8 Å². The average molecular weight is 160 g/mol. The maximum absolute atomic E-state index is 5.67. The summed E-state index contributed by atoms with van der Waals surface area (Å²) < 4.78 is 5.24. The zero-order chi connectivity index (χ0) is 8.39. The van der Waals surface area contributed by atoms with Crippen LogP contribution >= 0.6 is 0 Å². The van der Waals surface area contributed by atoms with Gasteiger partial charge in [-0.2, -0.15) is 0 Å². The molecule has 0 bridgehead atoms. The van der Waals surface area contributed by atoms with E-state index in [-0.39, 0.29) is 0 Å². The van der Waals surface area contributed by atoms with Crippen molar-refractivity contribution in [1.82, 2.24) is 0 Å². The Morgan fingerprint density at radius 1 is 1.25 bits per heavy atom. The van der Waals surface area contributed by atoms with Crippen LogP contribution < -0.4 is 10.5 Å². The molecule has 12 heavy (non-hydrogen) atoms. The van der Waals surface area contributed by atoms with Crippen molar-refractivity contribution in [2.45, 2.75) is 0 Å². The molecular formula is C9H8N2O. The molecule has 60 valence electrons. The number of para-hydroxylation sites is 1. The third-order valence-electron chi connectivity index (χ3n) is 1.63. The fraction of sp³-hybridized carbons (Fsp3) is 0. The van der Waals surface area contributed by atoms with Crippen LogP contribution in [0.4, 0.5) is 0 Å². The molecule has 1 heterocycles. The molecule has 0 fully saturated rings. The fourth-order valence-electron chi connectivity index (χ4n) is 1.07. The summed E-state index contributed by atoms with van der Waals surface area (Å²) in [7, 11) is 0. The summed E-state index contributed by atoms with van der Waals surface area (Å²) in [6, 6.07) is 7.52. The minimum atomic E-state index is 0.486. The number of aliphatic imine (C=N–C) groups is 1. The van der Waals surface area contributed by atoms with E-state index < -0.39 is 0 Å². The third-order valence-corrected chi connectivity index (χ3v) is 1.63. The summed E-state index contributed by atoms with van der Waals surface area (Å²) in [6.07, 6.45) is 3.05. The molecule has 0 unspecified atom stereocenters. The SMILES string of the molecule is NC1=NC=COc2ccccc21. The minimum absolute atomic E-state index is 0.486. The highest BCUT2D eigenvalue weighted by atomic mass is 16.5. The molecule has 0 atom stereocenters. The van der Waals surface area contributed by atoms with Crippen LogP contribution in [0, 0.1) is 0 Å². The number of ether oxygens (including phenoxy) is 1. The van der Waals surface area contributed by atoms with Gasteiger partial charge in [0.05, 0.1) is 11.8 Å². The fourth-order valence-corrected chi connectivity index (χ4v) is 1.07. The molecule has 1 aromatic rings. The number of amidine groups is 1. The van der Waals surface area contributed by atoms with Gasteiger partial charge in [0.2, 0.25) is 0 Å². The van der Waals surface area contributed by atoms with Crippen LogP contribution in [0.1, 0.15) is 5.56 Å². The lowest BCUT2D eigenvalue weighted by Gasteiger charge is -2.03. The predicted molar refractivity (Wildman–Crippen MR) is 46.9 cm³/mol. The van der Waals surface area contributed by atoms with E-state index in [2.05, 4.69) is 4.99 Å². The van der Waals surface area contributed by atoms with Gasteiger partial charge in [-0.15, -0.1) is 0 Å². The van der Waals surface area contributed by atoms with Crippen molar-refractivity contribution in [3.05, 3.63) is 42.3 Å². The van der Waals surface area contributed by atoms with Crippen molar-refractivity contribution in [1.29, 1.82) is 0 Å². The van der Waals surface area contributed by atoms with E-state index in [9.17, 15) is 0 Å². The van der Waals surface area contributed by atoms with Crippen LogP contribution in [0.5, 0.6) is 5.75 Å². The lowest BCUT2D eigenvalue weighted by atomic mass is 10.2. The summed E-state index contributed by atoms with van der Waals surface area (Å²) in [6.45, 7) is 0. The molecule has 1 aliphatic heterocycles. The van der Waals surface area contributed by atoms with E-state index in [4.69, 9.17) is 10.5 Å². The van der Waals surface area contributed by atoms with Gasteiger partial charge in [-0.05, 0) is 12.1 Å². The predicted octanol–water partition coefficient (Wildman–Crippen LogP) is 1.26. The number of benzene rings is 1. The Morgan fingerprint density at radius 3 is 3.00 bits per heavy atom. The quantitative estimate of drug-likeness (QED) is 0.621. The summed E-state index contributed by atoms with van der Waals surface area (Å²) in [4.78, 5) is 3.95. The van der Waals surface area contributed by atoms with Crippen molar-refractivity contribution in [2.75, 3.05) is 0 Å². The van der Waals surface area contributed by atoms with E-state index in [1.165, 1.54) is 12.5 Å². The highest BCUT2D eigenvalue weighted by Gasteiger charge is 2.06. The summed E-state index contributed by atoms with van der Waals surface area (Å²) in [5.41, 5.74) is 6.50. The van der Waals surface area contributed by atoms with Crippen molar-refractivity contribution in [3.63, 3.8) is 0 Å². The van der Waals surface area contributed by atoms with Crippen molar-refractivity contribution < 1.29 is 4.74 Å². The van der Waals surface area contributed by atoms with E-state index >= 15 is 0 Å². The molecule has 3 nitrogen and oxygen atoms in total. The van der Waals surface area contributed by atoms with Gasteiger partial charge in [0, 0.05) is 0 Å². The van der Waals surface area contributed by atoms with Gasteiger partial charge in [0.15, 0.2) is 0 Å². The number of rotatable bonds is 0. The Morgan fingerprint density at radius 2 is 2.08 bits per heavy atom. The first-order valence-electron chi connectivity index (χ1n) is 3.62. The lowest BCUT2D eigenvalue weighted by molar-refractivity contribution is 0.480. The monoisotopic (exact) mass is 160 g/mol. The number of nitrogens with two attached hydrogens (primary N) is 1. The Kier molecular flexibility index (Phi) is 1.55. The molecule has 1 aromatic carbocycles. The van der Waals surface area contributed by atoms with Gasteiger partial charge < -0.3 is 10.5 Å². The Labute approximate surface area is 70.2 Å². The second kappa shape index (κ2) is 2.70. The largest absolute Gasteiger partial charge is 0.463 e. The smallest absolute Gasteiger partial charge is 0.137 e. The molecule has 0 saturated carbocycles. The van der Waals surface area contributed by atoms with E-state index in [0.717, 1.165) is 11.3 Å². The summed E-state index contributed by atoms with van der Waals surface area (Å²) >= 11 is 0. The molecule has 2 rings (SSSR count). The van der Waals surface area contributed by atoms with Gasteiger partial charge in [-0.25, -0.2) is 4.99 Å². The number of nitrogens with zero attached hydrogens (tertiary/aromatic N) is 1. The Hall–Kier alpha value is -1.77. The first-order chi connectivity index (χ1) is 5.88. The molecule has 0 radical (unpaired) electrons. The lowest BCUT2D eigenvalue weighted by Crippen LogP contribution is -2.12. The molecule has 0 aliphatic carbocycles. The summed E-state index contributed by atoms with van der Waals surface area (Å²) in [5, 5.41) is 0. The van der Waals surface area contributed by atoms with Crippen LogP contribution in [0.25, 0.3) is 0 Å². The van der Waals surface area contributed by atoms with Crippen LogP contribution in [-0.4, -0.2) is 5.84 Å². The number of hydrogen-bond donors (Lipinski definition) is 1. The average Bonchev–Trinajstić information content (AvgIpc) is 2.29. The van der Waals surface area contributed by atoms with Crippen LogP contribution in [0.15, 0.2) is 41.7 Å². The maximum Gasteiger partial charge on any atom is 0.137 e. The topological polar surface area (TPSA) is 47.6 Å². The normalized spacial score (nSPS) is 14.2. The molecule has 3 heteroatoms. The zero-order valence-corrected chi connectivity index (χ0v) is 6.40. The Bertz CT molecular complexity index is 355. The van der Waals surface area contributed by atoms with Gasteiger partial charge in [-0.1, -0.05) is 12.1 Å². The third kappa shape index (κ3) is 1.05. The van der Waals surface area contributed by atoms with Gasteiger partial charge in [0.25, 0.3) is 0 Å². The molecule has 0 amide bonds. The standard InChI is InChI=1S/C9H8N2O/c10-9-7-3-1-2-4-8(7)12-6-5-11-9/h1-6H,(H2,10,11). The van der Waals surface area contributed by atoms with Crippen molar-refractivity contribution >= 4 is 5.84 Å². The van der Waals surface area contributed by atoms with Crippen LogP contribution in [0.2, 0.25) is 0 Å². The molecule has 0 saturated heterocycles. The first-order valence-corrected chi connectivity index (χ1v) is 3.62. The highest BCUT2D eigenvalue weighted by molar-refractivity contribution is 6.00. The zero-order valence-electron chi connectivity index (χ0n) is 6.40. The second-order valence-electron chi connectivity index (χ2n) is 2.41. The first kappa shape index (κ1) is 6.91. The van der Waals surface area contributed by atoms with E-state index in [0.29, 0.717) is 5.84 Å². The molecular weight excluding hydrogens is 152 g/mol. The Balaban J connectivity index is 2.58. The summed E-state index contributed by atoms with van der Waals surface area (Å²) in [5.74, 6) is 1.23. The van der Waals surface area contributed by atoms with Crippen LogP contribution in [0.3, 0.4) is 0 Å². The van der Waals surface area contributed by atoms with Crippen molar-refractivity contribution in [3.8, 4) is 5.75 Å². The molecule has 1 aliphatic rings. The molecule has 0 aromatic heterocycles. The van der Waals surface area contributed by atoms with Gasteiger partial charge in [-0.3, -0.25) is 0 Å². The number of fused-ring (bicyclic) bond motifs is 1. The van der Waals surface area contributed by atoms with E-state index in [1.54, 1.807) is 0 Å². The highest BCUT2D eigenvalue weighted by Crippen LogP contribution is 2.19. The second-order valence-corrected chi connectivity index (χ2v) is 2.41. The maximum atomic E-state index is 5.67. The van der Waals surface area contributed by atoms with Gasteiger partial charge >= 0.3 is 0 Å². The molecule has 2 N–H and O–H groups in total. The van der Waals surface area contributed by atoms with Crippen molar-refractivity contribution in [2.24, 2.45) is 10.7 Å². The minimum Gasteiger partial charge on any atom is -0.463 e. The molecule has 0 spiro atoms. The van der Waals surface area contributed by atoms with Crippen LogP contribution in [-0.2, 0) is 0 Å². The van der Waals surface area contributed by atoms with E-state index in [1.807, 2.05) is 24.3 Å².